The minimum absolute atomic E-state index is 0.0182. The minimum atomic E-state index is -4.54. The van der Waals surface area contributed by atoms with Gasteiger partial charge < -0.3 is 5.11 Å². The van der Waals surface area contributed by atoms with Gasteiger partial charge in [0.2, 0.25) is 0 Å². The third kappa shape index (κ3) is 2.93. The van der Waals surface area contributed by atoms with E-state index in [1.54, 1.807) is 0 Å². The van der Waals surface area contributed by atoms with Crippen molar-refractivity contribution in [2.75, 3.05) is 0 Å². The van der Waals surface area contributed by atoms with Crippen LogP contribution in [0.15, 0.2) is 36.8 Å². The molecule has 0 saturated carbocycles. The number of halogens is 3. The molecule has 0 fully saturated rings. The fraction of sp³-hybridized carbons (Fsp3) is 0.154. The number of benzene rings is 1. The van der Waals surface area contributed by atoms with Gasteiger partial charge in [-0.1, -0.05) is 18.2 Å². The number of hydrogen-bond donors (Lipinski definition) is 1. The van der Waals surface area contributed by atoms with Crippen LogP contribution in [-0.2, 0) is 17.4 Å². The summed E-state index contributed by atoms with van der Waals surface area (Å²) in [4.78, 5) is 18.2. The number of nitrogens with zero attached hydrogens (tertiary/aromatic N) is 2. The predicted molar refractivity (Wildman–Crippen MR) is 63.8 cm³/mol. The average Bonchev–Trinajstić information content (AvgIpc) is 2.38. The number of alkyl halides is 3. The summed E-state index contributed by atoms with van der Waals surface area (Å²) in [7, 11) is 0. The Kier molecular flexibility index (Phi) is 3.69. The molecule has 1 N–H and O–H groups in total. The van der Waals surface area contributed by atoms with Crippen molar-refractivity contribution in [1.29, 1.82) is 0 Å². The van der Waals surface area contributed by atoms with Crippen LogP contribution in [0.4, 0.5) is 13.2 Å². The SMILES string of the molecule is O=C(O)Cc1cncnc1-c1ccccc1C(F)(F)F. The molecule has 7 heteroatoms. The zero-order valence-corrected chi connectivity index (χ0v) is 10.1. The van der Waals surface area contributed by atoms with Crippen LogP contribution < -0.4 is 0 Å². The number of carboxylic acid groups (broad SMARTS) is 1. The van der Waals surface area contributed by atoms with Crippen molar-refractivity contribution >= 4 is 5.97 Å². The molecule has 0 bridgehead atoms. The third-order valence-electron chi connectivity index (χ3n) is 2.62. The van der Waals surface area contributed by atoms with E-state index in [4.69, 9.17) is 5.11 Å². The summed E-state index contributed by atoms with van der Waals surface area (Å²) in [5, 5.41) is 8.79. The Balaban J connectivity index is 2.61. The molecule has 2 aromatic rings. The number of aromatic nitrogens is 2. The van der Waals surface area contributed by atoms with Crippen molar-refractivity contribution in [1.82, 2.24) is 9.97 Å². The topological polar surface area (TPSA) is 63.1 Å². The summed E-state index contributed by atoms with van der Waals surface area (Å²) in [5.41, 5.74) is -0.893. The molecule has 1 aromatic heterocycles. The maximum Gasteiger partial charge on any atom is 0.417 e. The first-order valence-electron chi connectivity index (χ1n) is 5.57. The lowest BCUT2D eigenvalue weighted by molar-refractivity contribution is -0.137. The van der Waals surface area contributed by atoms with Gasteiger partial charge in [0, 0.05) is 17.3 Å². The number of carboxylic acids is 1. The number of hydrogen-bond acceptors (Lipinski definition) is 3. The van der Waals surface area contributed by atoms with Crippen molar-refractivity contribution in [3.8, 4) is 11.3 Å². The van der Waals surface area contributed by atoms with Crippen LogP contribution >= 0.6 is 0 Å². The summed E-state index contributed by atoms with van der Waals surface area (Å²) >= 11 is 0. The van der Waals surface area contributed by atoms with E-state index >= 15 is 0 Å². The molecule has 0 aliphatic carbocycles. The molecule has 0 amide bonds. The molecule has 0 aliphatic heterocycles. The Morgan fingerprint density at radius 2 is 1.95 bits per heavy atom. The highest BCUT2D eigenvalue weighted by atomic mass is 19.4. The van der Waals surface area contributed by atoms with Gasteiger partial charge in [-0.15, -0.1) is 0 Å². The molecule has 1 aromatic carbocycles. The molecular formula is C13H9F3N2O2. The fourth-order valence-corrected chi connectivity index (χ4v) is 1.83. The van der Waals surface area contributed by atoms with E-state index < -0.39 is 24.1 Å². The van der Waals surface area contributed by atoms with E-state index in [0.717, 1.165) is 12.4 Å². The minimum Gasteiger partial charge on any atom is -0.481 e. The summed E-state index contributed by atoms with van der Waals surface area (Å²) in [6.45, 7) is 0. The van der Waals surface area contributed by atoms with Crippen molar-refractivity contribution in [3.63, 3.8) is 0 Å². The quantitative estimate of drug-likeness (QED) is 0.940. The second kappa shape index (κ2) is 5.28. The second-order valence-corrected chi connectivity index (χ2v) is 4.01. The summed E-state index contributed by atoms with van der Waals surface area (Å²) in [6.07, 6.45) is -2.68. The van der Waals surface area contributed by atoms with Gasteiger partial charge >= 0.3 is 12.1 Å². The smallest absolute Gasteiger partial charge is 0.417 e. The standard InChI is InChI=1S/C13H9F3N2O2/c14-13(15,16)10-4-2-1-3-9(10)12-8(5-11(19)20)6-17-7-18-12/h1-4,6-7H,5H2,(H,19,20). The Bertz CT molecular complexity index is 642. The molecule has 0 atom stereocenters. The highest BCUT2D eigenvalue weighted by molar-refractivity contribution is 5.75. The number of carbonyl (C=O) groups is 1. The van der Waals surface area contributed by atoms with Crippen molar-refractivity contribution in [3.05, 3.63) is 47.9 Å². The molecule has 20 heavy (non-hydrogen) atoms. The first kappa shape index (κ1) is 14.0. The van der Waals surface area contributed by atoms with Crippen LogP contribution in [-0.4, -0.2) is 21.0 Å². The van der Waals surface area contributed by atoms with E-state index in [1.807, 2.05) is 0 Å². The van der Waals surface area contributed by atoms with Gasteiger partial charge in [-0.2, -0.15) is 13.2 Å². The first-order chi connectivity index (χ1) is 9.39. The molecule has 104 valence electrons. The Labute approximate surface area is 111 Å². The van der Waals surface area contributed by atoms with Gasteiger partial charge in [0.1, 0.15) is 6.33 Å². The molecule has 0 radical (unpaired) electrons. The maximum absolute atomic E-state index is 13.0. The second-order valence-electron chi connectivity index (χ2n) is 4.01. The molecule has 0 saturated heterocycles. The van der Waals surface area contributed by atoms with Gasteiger partial charge in [-0.05, 0) is 6.07 Å². The lowest BCUT2D eigenvalue weighted by atomic mass is 9.99. The number of rotatable bonds is 3. The first-order valence-corrected chi connectivity index (χ1v) is 5.57. The van der Waals surface area contributed by atoms with Crippen LogP contribution in [0.5, 0.6) is 0 Å². The van der Waals surface area contributed by atoms with E-state index in [2.05, 4.69) is 9.97 Å². The van der Waals surface area contributed by atoms with Gasteiger partial charge in [-0.3, -0.25) is 4.79 Å². The Morgan fingerprint density at radius 3 is 2.60 bits per heavy atom. The van der Waals surface area contributed by atoms with Gasteiger partial charge in [0.05, 0.1) is 17.7 Å². The number of aliphatic carboxylic acids is 1. The van der Waals surface area contributed by atoms with Crippen LogP contribution in [0.3, 0.4) is 0 Å². The average molecular weight is 282 g/mol. The zero-order valence-electron chi connectivity index (χ0n) is 10.1. The van der Waals surface area contributed by atoms with E-state index in [1.165, 1.54) is 24.4 Å². The molecule has 0 spiro atoms. The molecular weight excluding hydrogens is 273 g/mol. The summed E-state index contributed by atoms with van der Waals surface area (Å²) < 4.78 is 38.9. The van der Waals surface area contributed by atoms with Gasteiger partial charge in [0.15, 0.2) is 0 Å². The van der Waals surface area contributed by atoms with E-state index in [-0.39, 0.29) is 16.8 Å². The Morgan fingerprint density at radius 1 is 1.25 bits per heavy atom. The molecule has 0 aliphatic rings. The van der Waals surface area contributed by atoms with Crippen LogP contribution in [0.2, 0.25) is 0 Å². The maximum atomic E-state index is 13.0. The van der Waals surface area contributed by atoms with Crippen LogP contribution in [0.1, 0.15) is 11.1 Å². The largest absolute Gasteiger partial charge is 0.481 e. The van der Waals surface area contributed by atoms with Crippen LogP contribution in [0, 0.1) is 0 Å². The van der Waals surface area contributed by atoms with Gasteiger partial charge in [0.25, 0.3) is 0 Å². The molecule has 2 rings (SSSR count). The van der Waals surface area contributed by atoms with Crippen molar-refractivity contribution < 1.29 is 23.1 Å². The highest BCUT2D eigenvalue weighted by Gasteiger charge is 2.34. The molecule has 4 nitrogen and oxygen atoms in total. The van der Waals surface area contributed by atoms with Crippen molar-refractivity contribution in [2.45, 2.75) is 12.6 Å². The van der Waals surface area contributed by atoms with Crippen molar-refractivity contribution in [2.24, 2.45) is 0 Å². The molecule has 1 heterocycles. The normalized spacial score (nSPS) is 11.3. The van der Waals surface area contributed by atoms with E-state index in [9.17, 15) is 18.0 Å². The van der Waals surface area contributed by atoms with E-state index in [0.29, 0.717) is 0 Å². The predicted octanol–water partition coefficient (Wildman–Crippen LogP) is 2.79. The highest BCUT2D eigenvalue weighted by Crippen LogP contribution is 2.37. The summed E-state index contributed by atoms with van der Waals surface area (Å²) in [6, 6.07) is 4.90. The monoisotopic (exact) mass is 282 g/mol. The Hall–Kier alpha value is -2.44. The third-order valence-corrected chi connectivity index (χ3v) is 2.62. The van der Waals surface area contributed by atoms with Crippen LogP contribution in [0.25, 0.3) is 11.3 Å². The zero-order chi connectivity index (χ0) is 14.8. The van der Waals surface area contributed by atoms with Gasteiger partial charge in [-0.25, -0.2) is 9.97 Å². The lowest BCUT2D eigenvalue weighted by Crippen LogP contribution is -2.10. The fourth-order valence-electron chi connectivity index (χ4n) is 1.83. The molecule has 0 unspecified atom stereocenters. The lowest BCUT2D eigenvalue weighted by Gasteiger charge is -2.13. The summed E-state index contributed by atoms with van der Waals surface area (Å²) in [5.74, 6) is -1.16.